The molecule has 4 fully saturated rings. The van der Waals surface area contributed by atoms with Gasteiger partial charge in [0.1, 0.15) is 0 Å². The molecule has 0 radical (unpaired) electrons. The number of aliphatic hydroxyl groups is 3. The van der Waals surface area contributed by atoms with Crippen LogP contribution >= 0.6 is 0 Å². The first kappa shape index (κ1) is 25.7. The van der Waals surface area contributed by atoms with Crippen molar-refractivity contribution in [3.63, 3.8) is 0 Å². The summed E-state index contributed by atoms with van der Waals surface area (Å²) in [6.45, 7) is 8.38. The fraction of sp³-hybridized carbons (Fsp3) is 0.900. The van der Waals surface area contributed by atoms with Gasteiger partial charge in [-0.3, -0.25) is 4.79 Å². The topological polar surface area (TPSA) is 81.0 Å². The Hall–Kier alpha value is -0.910. The Bertz CT molecular complexity index is 832. The summed E-state index contributed by atoms with van der Waals surface area (Å²) >= 11 is 0. The highest BCUT2D eigenvalue weighted by Gasteiger charge is 2.59. The van der Waals surface area contributed by atoms with E-state index in [0.29, 0.717) is 55.0 Å². The minimum absolute atomic E-state index is 0.134. The van der Waals surface area contributed by atoms with Crippen molar-refractivity contribution in [2.24, 2.45) is 40.4 Å². The lowest BCUT2D eigenvalue weighted by atomic mass is 9.47. The fourth-order valence-corrected chi connectivity index (χ4v) is 9.66. The number of fused-ring (bicyclic) bond motifs is 5. The molecule has 4 aliphatic carbocycles. The molecule has 1 saturated heterocycles. The van der Waals surface area contributed by atoms with Gasteiger partial charge in [-0.2, -0.15) is 0 Å². The smallest absolute Gasteiger partial charge is 0.222 e. The number of piperidine rings is 1. The number of aliphatic hydroxyl groups excluding tert-OH is 2. The van der Waals surface area contributed by atoms with Crippen molar-refractivity contribution in [2.75, 3.05) is 19.7 Å². The molecule has 3 N–H and O–H groups in total. The van der Waals surface area contributed by atoms with Crippen LogP contribution in [0, 0.1) is 40.4 Å². The van der Waals surface area contributed by atoms with Crippen LogP contribution in [-0.2, 0) is 4.79 Å². The lowest BCUT2D eigenvalue weighted by Crippen LogP contribution is -2.51. The summed E-state index contributed by atoms with van der Waals surface area (Å²) in [7, 11) is 0. The zero-order valence-electron chi connectivity index (χ0n) is 22.3. The average molecular weight is 488 g/mol. The van der Waals surface area contributed by atoms with Crippen molar-refractivity contribution >= 4 is 5.91 Å². The van der Waals surface area contributed by atoms with Crippen molar-refractivity contribution in [1.82, 2.24) is 4.90 Å². The second-order valence-electron chi connectivity index (χ2n) is 13.7. The largest absolute Gasteiger partial charge is 0.393 e. The Morgan fingerprint density at radius 3 is 2.54 bits per heavy atom. The summed E-state index contributed by atoms with van der Waals surface area (Å²) in [6, 6.07) is 0. The van der Waals surface area contributed by atoms with E-state index in [2.05, 4.69) is 26.8 Å². The first-order valence-electron chi connectivity index (χ1n) is 14.6. The second-order valence-corrected chi connectivity index (χ2v) is 13.7. The Balaban J connectivity index is 1.20. The highest BCUT2D eigenvalue weighted by molar-refractivity contribution is 5.76. The minimum Gasteiger partial charge on any atom is -0.393 e. The van der Waals surface area contributed by atoms with Crippen LogP contribution in [0.1, 0.15) is 97.8 Å². The van der Waals surface area contributed by atoms with E-state index in [4.69, 9.17) is 0 Å². The number of rotatable bonds is 5. The molecule has 1 heterocycles. The van der Waals surface area contributed by atoms with E-state index in [1.807, 2.05) is 4.90 Å². The summed E-state index contributed by atoms with van der Waals surface area (Å²) in [6.07, 6.45) is 14.4. The summed E-state index contributed by atoms with van der Waals surface area (Å²) in [5, 5.41) is 29.9. The van der Waals surface area contributed by atoms with Crippen LogP contribution in [0.5, 0.6) is 0 Å². The third-order valence-corrected chi connectivity index (χ3v) is 12.0. The van der Waals surface area contributed by atoms with Gasteiger partial charge in [0.15, 0.2) is 0 Å². The number of hydrogen-bond donors (Lipinski definition) is 3. The van der Waals surface area contributed by atoms with Gasteiger partial charge in [-0.05, 0) is 111 Å². The van der Waals surface area contributed by atoms with E-state index in [9.17, 15) is 20.1 Å². The van der Waals surface area contributed by atoms with E-state index in [1.165, 1.54) is 32.1 Å². The van der Waals surface area contributed by atoms with Crippen LogP contribution < -0.4 is 0 Å². The fourth-order valence-electron chi connectivity index (χ4n) is 9.66. The van der Waals surface area contributed by atoms with Crippen LogP contribution in [0.25, 0.3) is 0 Å². The third-order valence-electron chi connectivity index (χ3n) is 12.0. The molecule has 1 amide bonds. The normalized spacial score (nSPS) is 43.5. The van der Waals surface area contributed by atoms with Gasteiger partial charge in [0.2, 0.25) is 5.91 Å². The molecule has 198 valence electrons. The SMILES string of the molecule is CC(CCC(=O)N1CCC(O)(CO)CC1)[C@H]1CC[C@H]2[C@@H]3CC=C4C[C@@H](O)CC[C@]4(C)[C@H]3CC[C@]12C. The average Bonchev–Trinajstić information content (AvgIpc) is 3.20. The number of likely N-dealkylation sites (tertiary alicyclic amines) is 1. The van der Waals surface area contributed by atoms with E-state index in [-0.39, 0.29) is 18.6 Å². The van der Waals surface area contributed by atoms with Crippen molar-refractivity contribution < 1.29 is 20.1 Å². The van der Waals surface area contributed by atoms with Gasteiger partial charge in [0, 0.05) is 19.5 Å². The molecule has 5 nitrogen and oxygen atoms in total. The van der Waals surface area contributed by atoms with Crippen LogP contribution in [0.3, 0.4) is 0 Å². The zero-order chi connectivity index (χ0) is 25.0. The van der Waals surface area contributed by atoms with Crippen molar-refractivity contribution in [3.05, 3.63) is 11.6 Å². The first-order chi connectivity index (χ1) is 16.6. The molecule has 0 bridgehead atoms. The van der Waals surface area contributed by atoms with Crippen LogP contribution in [-0.4, -0.2) is 57.5 Å². The number of hydrogen-bond acceptors (Lipinski definition) is 4. The molecular weight excluding hydrogens is 438 g/mol. The molecule has 3 saturated carbocycles. The van der Waals surface area contributed by atoms with Gasteiger partial charge in [-0.25, -0.2) is 0 Å². The van der Waals surface area contributed by atoms with Crippen LogP contribution in [0.2, 0.25) is 0 Å². The minimum atomic E-state index is -1.00. The van der Waals surface area contributed by atoms with Crippen molar-refractivity contribution in [3.8, 4) is 0 Å². The van der Waals surface area contributed by atoms with E-state index in [0.717, 1.165) is 43.4 Å². The zero-order valence-corrected chi connectivity index (χ0v) is 22.3. The Kier molecular flexibility index (Phi) is 6.94. The molecule has 5 rings (SSSR count). The van der Waals surface area contributed by atoms with Gasteiger partial charge in [-0.15, -0.1) is 0 Å². The van der Waals surface area contributed by atoms with Gasteiger partial charge in [0.25, 0.3) is 0 Å². The summed E-state index contributed by atoms with van der Waals surface area (Å²) in [5.74, 6) is 3.84. The Labute approximate surface area is 212 Å². The maximum Gasteiger partial charge on any atom is 0.222 e. The molecule has 0 aromatic carbocycles. The van der Waals surface area contributed by atoms with Gasteiger partial charge < -0.3 is 20.2 Å². The Morgan fingerprint density at radius 2 is 1.83 bits per heavy atom. The molecule has 1 unspecified atom stereocenters. The second kappa shape index (κ2) is 9.44. The maximum absolute atomic E-state index is 12.9. The number of allylic oxidation sites excluding steroid dienone is 1. The molecule has 8 atom stereocenters. The van der Waals surface area contributed by atoms with Gasteiger partial charge in [0.05, 0.1) is 18.3 Å². The summed E-state index contributed by atoms with van der Waals surface area (Å²) in [4.78, 5) is 14.8. The predicted octanol–water partition coefficient (Wildman–Crippen LogP) is 4.69. The summed E-state index contributed by atoms with van der Waals surface area (Å²) in [5.41, 5.74) is 1.25. The number of amides is 1. The maximum atomic E-state index is 12.9. The van der Waals surface area contributed by atoms with Crippen molar-refractivity contribution in [2.45, 2.75) is 110 Å². The molecule has 0 aromatic heterocycles. The number of carbonyl (C=O) groups excluding carboxylic acids is 1. The van der Waals surface area contributed by atoms with E-state index in [1.54, 1.807) is 5.57 Å². The standard InChI is InChI=1S/C30H49NO4/c1-20(4-9-27(34)31-16-14-30(35,19-32)15-17-31)24-7-8-25-23-6-5-21-18-22(33)10-12-28(21,2)26(23)11-13-29(24,25)3/h5,20,22-26,32-33,35H,4,6-19H2,1-3H3/t20?,22-,23-,24+,25-,26-,28-,29+/m0/s1. The number of carbonyl (C=O) groups is 1. The molecule has 5 heteroatoms. The first-order valence-corrected chi connectivity index (χ1v) is 14.6. The predicted molar refractivity (Wildman–Crippen MR) is 137 cm³/mol. The molecular formula is C30H49NO4. The van der Waals surface area contributed by atoms with Crippen LogP contribution in [0.4, 0.5) is 0 Å². The van der Waals surface area contributed by atoms with Gasteiger partial charge >= 0.3 is 0 Å². The third kappa shape index (κ3) is 4.42. The van der Waals surface area contributed by atoms with Crippen molar-refractivity contribution in [1.29, 1.82) is 0 Å². The monoisotopic (exact) mass is 487 g/mol. The quantitative estimate of drug-likeness (QED) is 0.492. The summed E-state index contributed by atoms with van der Waals surface area (Å²) < 4.78 is 0. The Morgan fingerprint density at radius 1 is 1.09 bits per heavy atom. The lowest BCUT2D eigenvalue weighted by molar-refractivity contribution is -0.137. The van der Waals surface area contributed by atoms with Crippen LogP contribution in [0.15, 0.2) is 11.6 Å². The lowest BCUT2D eigenvalue weighted by Gasteiger charge is -2.58. The number of nitrogens with zero attached hydrogens (tertiary/aromatic N) is 1. The van der Waals surface area contributed by atoms with E-state index < -0.39 is 5.60 Å². The highest BCUT2D eigenvalue weighted by Crippen LogP contribution is 2.67. The van der Waals surface area contributed by atoms with E-state index >= 15 is 0 Å². The molecule has 5 aliphatic rings. The van der Waals surface area contributed by atoms with Gasteiger partial charge in [-0.1, -0.05) is 32.4 Å². The highest BCUT2D eigenvalue weighted by atomic mass is 16.3. The molecule has 1 aliphatic heterocycles. The molecule has 0 spiro atoms. The molecule has 35 heavy (non-hydrogen) atoms. The molecule has 0 aromatic rings.